The van der Waals surface area contributed by atoms with Crippen molar-refractivity contribution in [1.29, 1.82) is 0 Å². The summed E-state index contributed by atoms with van der Waals surface area (Å²) < 4.78 is 6.09. The van der Waals surface area contributed by atoms with Gasteiger partial charge in [-0.25, -0.2) is 0 Å². The van der Waals surface area contributed by atoms with Crippen LogP contribution >= 0.6 is 27.3 Å². The first-order valence-corrected chi connectivity index (χ1v) is 10.6. The molecule has 150 valence electrons. The number of carbonyl (C=O) groups is 3. The predicted octanol–water partition coefficient (Wildman–Crippen LogP) is 2.73. The van der Waals surface area contributed by atoms with Gasteiger partial charge in [0, 0.05) is 26.1 Å². The second kappa shape index (κ2) is 9.38. The number of thiophene rings is 1. The topological polar surface area (TPSA) is 82.9 Å². The second-order valence-corrected chi connectivity index (χ2v) is 9.18. The lowest BCUT2D eigenvalue weighted by Gasteiger charge is -2.32. The first-order valence-electron chi connectivity index (χ1n) is 9.02. The molecule has 1 N–H and O–H groups in total. The fourth-order valence-corrected chi connectivity index (χ4v) is 4.50. The minimum absolute atomic E-state index is 0.0148. The molecule has 1 saturated heterocycles. The van der Waals surface area contributed by atoms with E-state index in [1.165, 1.54) is 16.2 Å². The van der Waals surface area contributed by atoms with E-state index in [0.717, 1.165) is 3.79 Å². The normalized spacial score (nSPS) is 14.7. The van der Waals surface area contributed by atoms with E-state index in [1.54, 1.807) is 30.3 Å². The van der Waals surface area contributed by atoms with Gasteiger partial charge in [-0.1, -0.05) is 0 Å². The summed E-state index contributed by atoms with van der Waals surface area (Å²) in [4.78, 5) is 40.9. The maximum absolute atomic E-state index is 12.5. The van der Waals surface area contributed by atoms with Gasteiger partial charge in [-0.05, 0) is 53.0 Å². The van der Waals surface area contributed by atoms with Crippen LogP contribution in [-0.4, -0.2) is 54.2 Å². The van der Waals surface area contributed by atoms with Gasteiger partial charge in [0.1, 0.15) is 5.76 Å². The van der Waals surface area contributed by atoms with Crippen LogP contribution in [0.5, 0.6) is 0 Å². The zero-order valence-corrected chi connectivity index (χ0v) is 17.9. The average Bonchev–Trinajstić information content (AvgIpc) is 3.37. The van der Waals surface area contributed by atoms with Gasteiger partial charge in [-0.2, -0.15) is 0 Å². The number of hydrogen-bond acceptors (Lipinski definition) is 5. The summed E-state index contributed by atoms with van der Waals surface area (Å²) in [5.74, 6) is 0.324. The summed E-state index contributed by atoms with van der Waals surface area (Å²) in [7, 11) is 1.63. The van der Waals surface area contributed by atoms with Gasteiger partial charge in [-0.15, -0.1) is 11.3 Å². The van der Waals surface area contributed by atoms with E-state index >= 15 is 0 Å². The van der Waals surface area contributed by atoms with Crippen LogP contribution in [0.3, 0.4) is 0 Å². The zero-order chi connectivity index (χ0) is 20.1. The lowest BCUT2D eigenvalue weighted by molar-refractivity contribution is -0.136. The molecule has 28 heavy (non-hydrogen) atoms. The van der Waals surface area contributed by atoms with Gasteiger partial charge in [0.2, 0.25) is 11.8 Å². The summed E-state index contributed by atoms with van der Waals surface area (Å²) in [5, 5.41) is 2.87. The Morgan fingerprint density at radius 3 is 2.64 bits per heavy atom. The van der Waals surface area contributed by atoms with Crippen LogP contribution in [0.1, 0.15) is 28.3 Å². The SMILES string of the molecule is CN(CC(=O)N1CCC(C(=O)NCc2ccco2)CC1)C(=O)c1ccc(Br)s1. The summed E-state index contributed by atoms with van der Waals surface area (Å²) in [5.41, 5.74) is 0. The smallest absolute Gasteiger partial charge is 0.264 e. The van der Waals surface area contributed by atoms with Crippen LogP contribution < -0.4 is 5.32 Å². The van der Waals surface area contributed by atoms with Crippen molar-refractivity contribution in [2.75, 3.05) is 26.7 Å². The molecule has 0 spiro atoms. The number of amides is 3. The Morgan fingerprint density at radius 2 is 2.04 bits per heavy atom. The van der Waals surface area contributed by atoms with Gasteiger partial charge in [0.25, 0.3) is 5.91 Å². The van der Waals surface area contributed by atoms with Gasteiger partial charge >= 0.3 is 0 Å². The molecule has 0 unspecified atom stereocenters. The first-order chi connectivity index (χ1) is 13.4. The third-order valence-corrected chi connectivity index (χ3v) is 6.35. The minimum atomic E-state index is -0.170. The van der Waals surface area contributed by atoms with Gasteiger partial charge in [0.15, 0.2) is 0 Å². The van der Waals surface area contributed by atoms with Crippen molar-refractivity contribution < 1.29 is 18.8 Å². The molecule has 1 aliphatic rings. The highest BCUT2D eigenvalue weighted by Gasteiger charge is 2.28. The van der Waals surface area contributed by atoms with E-state index in [9.17, 15) is 14.4 Å². The van der Waals surface area contributed by atoms with Crippen LogP contribution in [0.4, 0.5) is 0 Å². The largest absolute Gasteiger partial charge is 0.467 e. The Bertz CT molecular complexity index is 828. The maximum Gasteiger partial charge on any atom is 0.264 e. The summed E-state index contributed by atoms with van der Waals surface area (Å²) in [6.45, 7) is 1.44. The predicted molar refractivity (Wildman–Crippen MR) is 109 cm³/mol. The van der Waals surface area contributed by atoms with Crippen LogP contribution in [0.15, 0.2) is 38.7 Å². The Hall–Kier alpha value is -2.13. The second-order valence-electron chi connectivity index (χ2n) is 6.72. The summed E-state index contributed by atoms with van der Waals surface area (Å²) in [6, 6.07) is 7.15. The molecular formula is C19H22BrN3O4S. The number of piperidine rings is 1. The van der Waals surface area contributed by atoms with E-state index in [0.29, 0.717) is 43.1 Å². The van der Waals surface area contributed by atoms with Gasteiger partial charge in [-0.3, -0.25) is 14.4 Å². The van der Waals surface area contributed by atoms with Crippen molar-refractivity contribution in [2.24, 2.45) is 5.92 Å². The summed E-state index contributed by atoms with van der Waals surface area (Å²) in [6.07, 6.45) is 2.81. The fraction of sp³-hybridized carbons (Fsp3) is 0.421. The highest BCUT2D eigenvalue weighted by Crippen LogP contribution is 2.23. The lowest BCUT2D eigenvalue weighted by atomic mass is 9.96. The van der Waals surface area contributed by atoms with Crippen LogP contribution in [-0.2, 0) is 16.1 Å². The number of furan rings is 1. The molecule has 3 heterocycles. The third kappa shape index (κ3) is 5.23. The monoisotopic (exact) mass is 467 g/mol. The van der Waals surface area contributed by atoms with E-state index in [1.807, 2.05) is 12.1 Å². The van der Waals surface area contributed by atoms with Crippen molar-refractivity contribution in [3.8, 4) is 0 Å². The standard InChI is InChI=1S/C19H22BrN3O4S/c1-22(19(26)15-4-5-16(20)28-15)12-17(24)23-8-6-13(7-9-23)18(25)21-11-14-3-2-10-27-14/h2-5,10,13H,6-9,11-12H2,1H3,(H,21,25). The molecule has 0 saturated carbocycles. The average molecular weight is 468 g/mol. The molecule has 0 atom stereocenters. The number of halogens is 1. The van der Waals surface area contributed by atoms with E-state index in [4.69, 9.17) is 4.42 Å². The molecule has 0 aromatic carbocycles. The van der Waals surface area contributed by atoms with Crippen LogP contribution in [0, 0.1) is 5.92 Å². The fourth-order valence-electron chi connectivity index (χ4n) is 3.11. The Balaban J connectivity index is 1.43. The molecule has 3 amide bonds. The zero-order valence-electron chi connectivity index (χ0n) is 15.5. The Kier molecular flexibility index (Phi) is 6.90. The number of likely N-dealkylation sites (N-methyl/N-ethyl adjacent to an activating group) is 1. The molecule has 7 nitrogen and oxygen atoms in total. The molecule has 3 rings (SSSR count). The number of hydrogen-bond donors (Lipinski definition) is 1. The van der Waals surface area contributed by atoms with E-state index in [2.05, 4.69) is 21.2 Å². The van der Waals surface area contributed by atoms with E-state index in [-0.39, 0.29) is 30.2 Å². The van der Waals surface area contributed by atoms with Crippen molar-refractivity contribution >= 4 is 45.0 Å². The van der Waals surface area contributed by atoms with Crippen molar-refractivity contribution in [2.45, 2.75) is 19.4 Å². The first kappa shape index (κ1) is 20.6. The number of nitrogens with zero attached hydrogens (tertiary/aromatic N) is 2. The molecule has 0 aliphatic carbocycles. The molecule has 1 fully saturated rings. The highest BCUT2D eigenvalue weighted by molar-refractivity contribution is 9.11. The van der Waals surface area contributed by atoms with Crippen LogP contribution in [0.25, 0.3) is 0 Å². The molecule has 0 bridgehead atoms. The number of nitrogens with one attached hydrogen (secondary N) is 1. The molecule has 0 radical (unpaired) electrons. The molecule has 9 heteroatoms. The van der Waals surface area contributed by atoms with Crippen LogP contribution in [0.2, 0.25) is 0 Å². The molecular weight excluding hydrogens is 446 g/mol. The molecule has 1 aliphatic heterocycles. The highest BCUT2D eigenvalue weighted by atomic mass is 79.9. The Labute approximate surface area is 175 Å². The van der Waals surface area contributed by atoms with Gasteiger partial charge in [0.05, 0.1) is 28.0 Å². The van der Waals surface area contributed by atoms with Crippen molar-refractivity contribution in [3.05, 3.63) is 45.0 Å². The minimum Gasteiger partial charge on any atom is -0.467 e. The quantitative estimate of drug-likeness (QED) is 0.707. The lowest BCUT2D eigenvalue weighted by Crippen LogP contribution is -2.46. The number of likely N-dealkylation sites (tertiary alicyclic amines) is 1. The number of rotatable bonds is 6. The molecule has 2 aromatic heterocycles. The van der Waals surface area contributed by atoms with Crippen molar-refractivity contribution in [3.63, 3.8) is 0 Å². The maximum atomic E-state index is 12.5. The van der Waals surface area contributed by atoms with E-state index < -0.39 is 0 Å². The third-order valence-electron chi connectivity index (χ3n) is 4.74. The number of carbonyl (C=O) groups excluding carboxylic acids is 3. The van der Waals surface area contributed by atoms with Gasteiger partial charge < -0.3 is 19.5 Å². The molecule has 2 aromatic rings. The summed E-state index contributed by atoms with van der Waals surface area (Å²) >= 11 is 4.68. The Morgan fingerprint density at radius 1 is 1.29 bits per heavy atom. The van der Waals surface area contributed by atoms with Crippen molar-refractivity contribution in [1.82, 2.24) is 15.1 Å².